The Morgan fingerprint density at radius 2 is 2.12 bits per heavy atom. The number of hydrogen-bond donors (Lipinski definition) is 1. The summed E-state index contributed by atoms with van der Waals surface area (Å²) in [6.45, 7) is 0. The number of thioether (sulfide) groups is 1. The Balaban J connectivity index is 2.24. The standard InChI is InChI=1S/C10H11Br2NO2S2/c11-7-1-2-10(9(12)5-7)17(14,15)13-8-3-4-16-6-8/h1-2,5,8,13H,3-4,6H2. The molecule has 0 radical (unpaired) electrons. The van der Waals surface area contributed by atoms with Crippen LogP contribution in [0.2, 0.25) is 0 Å². The van der Waals surface area contributed by atoms with Crippen molar-refractivity contribution in [1.82, 2.24) is 4.72 Å². The van der Waals surface area contributed by atoms with Crippen molar-refractivity contribution in [2.75, 3.05) is 11.5 Å². The summed E-state index contributed by atoms with van der Waals surface area (Å²) in [6.07, 6.45) is 0.901. The van der Waals surface area contributed by atoms with Crippen molar-refractivity contribution in [2.24, 2.45) is 0 Å². The van der Waals surface area contributed by atoms with Gasteiger partial charge in [-0.15, -0.1) is 0 Å². The van der Waals surface area contributed by atoms with Gasteiger partial charge in [-0.05, 0) is 46.3 Å². The zero-order valence-corrected chi connectivity index (χ0v) is 13.6. The van der Waals surface area contributed by atoms with E-state index >= 15 is 0 Å². The van der Waals surface area contributed by atoms with Crippen molar-refractivity contribution in [3.63, 3.8) is 0 Å². The minimum absolute atomic E-state index is 0.0561. The number of halogens is 2. The van der Waals surface area contributed by atoms with Gasteiger partial charge in [0.25, 0.3) is 0 Å². The summed E-state index contributed by atoms with van der Waals surface area (Å²) in [6, 6.07) is 5.11. The maximum absolute atomic E-state index is 12.2. The summed E-state index contributed by atoms with van der Waals surface area (Å²) in [5.74, 6) is 1.88. The van der Waals surface area contributed by atoms with Crippen molar-refractivity contribution in [2.45, 2.75) is 17.4 Å². The maximum atomic E-state index is 12.2. The van der Waals surface area contributed by atoms with Crippen LogP contribution in [-0.4, -0.2) is 26.0 Å². The van der Waals surface area contributed by atoms with E-state index in [1.54, 1.807) is 30.0 Å². The van der Waals surface area contributed by atoms with Gasteiger partial charge in [0.2, 0.25) is 10.0 Å². The molecule has 94 valence electrons. The minimum Gasteiger partial charge on any atom is -0.207 e. The van der Waals surface area contributed by atoms with Crippen LogP contribution in [0.4, 0.5) is 0 Å². The highest BCUT2D eigenvalue weighted by Crippen LogP contribution is 2.27. The first-order valence-electron chi connectivity index (χ1n) is 5.04. The first-order valence-corrected chi connectivity index (χ1v) is 9.26. The molecule has 0 aliphatic carbocycles. The molecule has 0 saturated carbocycles. The zero-order chi connectivity index (χ0) is 12.5. The summed E-state index contributed by atoms with van der Waals surface area (Å²) in [7, 11) is -3.42. The van der Waals surface area contributed by atoms with Crippen molar-refractivity contribution in [3.8, 4) is 0 Å². The summed E-state index contributed by atoms with van der Waals surface area (Å²) in [5, 5.41) is 0. The smallest absolute Gasteiger partial charge is 0.207 e. The van der Waals surface area contributed by atoms with E-state index in [2.05, 4.69) is 36.6 Å². The maximum Gasteiger partial charge on any atom is 0.241 e. The molecule has 1 aliphatic heterocycles. The first-order chi connectivity index (χ1) is 7.99. The van der Waals surface area contributed by atoms with Crippen LogP contribution in [0, 0.1) is 0 Å². The van der Waals surface area contributed by atoms with Crippen molar-refractivity contribution >= 4 is 53.6 Å². The van der Waals surface area contributed by atoms with E-state index in [-0.39, 0.29) is 10.9 Å². The van der Waals surface area contributed by atoms with Crippen molar-refractivity contribution in [3.05, 3.63) is 27.1 Å². The first kappa shape index (κ1) is 13.9. The molecule has 7 heteroatoms. The molecule has 0 spiro atoms. The lowest BCUT2D eigenvalue weighted by Gasteiger charge is -2.13. The van der Waals surface area contributed by atoms with Crippen LogP contribution >= 0.6 is 43.6 Å². The third kappa shape index (κ3) is 3.47. The van der Waals surface area contributed by atoms with Gasteiger partial charge < -0.3 is 0 Å². The topological polar surface area (TPSA) is 46.2 Å². The number of benzene rings is 1. The van der Waals surface area contributed by atoms with Gasteiger partial charge in [-0.25, -0.2) is 13.1 Å². The van der Waals surface area contributed by atoms with E-state index in [0.717, 1.165) is 22.4 Å². The summed E-state index contributed by atoms with van der Waals surface area (Å²) >= 11 is 8.36. The molecule has 1 heterocycles. The fourth-order valence-electron chi connectivity index (χ4n) is 1.60. The van der Waals surface area contributed by atoms with Crippen LogP contribution in [0.15, 0.2) is 32.0 Å². The molecule has 2 rings (SSSR count). The summed E-state index contributed by atoms with van der Waals surface area (Å²) in [4.78, 5) is 0.289. The SMILES string of the molecule is O=S(=O)(NC1CCSC1)c1ccc(Br)cc1Br. The number of sulfonamides is 1. The molecule has 1 unspecified atom stereocenters. The van der Waals surface area contributed by atoms with Gasteiger partial charge >= 0.3 is 0 Å². The Bertz CT molecular complexity index is 513. The van der Waals surface area contributed by atoms with Gasteiger partial charge in [-0.2, -0.15) is 11.8 Å². The molecule has 1 saturated heterocycles. The van der Waals surface area contributed by atoms with Crippen LogP contribution in [0.5, 0.6) is 0 Å². The van der Waals surface area contributed by atoms with Gasteiger partial charge in [0.1, 0.15) is 0 Å². The molecule has 1 aromatic rings. The molecule has 0 amide bonds. The van der Waals surface area contributed by atoms with Gasteiger partial charge in [0, 0.05) is 20.7 Å². The third-order valence-corrected chi connectivity index (χ3v) is 6.59. The second-order valence-electron chi connectivity index (χ2n) is 3.76. The summed E-state index contributed by atoms with van der Waals surface area (Å²) < 4.78 is 28.5. The molecule has 1 atom stereocenters. The predicted octanol–water partition coefficient (Wildman–Crippen LogP) is 3.00. The van der Waals surface area contributed by atoms with Gasteiger partial charge in [-0.3, -0.25) is 0 Å². The van der Waals surface area contributed by atoms with E-state index in [4.69, 9.17) is 0 Å². The van der Waals surface area contributed by atoms with E-state index in [0.29, 0.717) is 4.47 Å². The van der Waals surface area contributed by atoms with Gasteiger partial charge in [0.05, 0.1) is 4.90 Å². The average Bonchev–Trinajstić information content (AvgIpc) is 2.68. The second kappa shape index (κ2) is 5.61. The molecule has 1 fully saturated rings. The fourth-order valence-corrected chi connectivity index (χ4v) is 5.88. The van der Waals surface area contributed by atoms with Gasteiger partial charge in [-0.1, -0.05) is 15.9 Å². The highest BCUT2D eigenvalue weighted by molar-refractivity contribution is 9.11. The Labute approximate surface area is 122 Å². The minimum atomic E-state index is -3.42. The quantitative estimate of drug-likeness (QED) is 0.848. The Morgan fingerprint density at radius 1 is 1.35 bits per heavy atom. The second-order valence-corrected chi connectivity index (χ2v) is 8.36. The van der Waals surface area contributed by atoms with E-state index < -0.39 is 10.0 Å². The molecule has 17 heavy (non-hydrogen) atoms. The van der Waals surface area contributed by atoms with Crippen LogP contribution in [0.25, 0.3) is 0 Å². The predicted molar refractivity (Wildman–Crippen MR) is 77.9 cm³/mol. The Morgan fingerprint density at radius 3 is 2.71 bits per heavy atom. The lowest BCUT2D eigenvalue weighted by molar-refractivity contribution is 0.562. The Hall–Kier alpha value is 0.440. The van der Waals surface area contributed by atoms with Crippen molar-refractivity contribution < 1.29 is 8.42 Å². The van der Waals surface area contributed by atoms with Crippen LogP contribution in [0.3, 0.4) is 0 Å². The number of hydrogen-bond acceptors (Lipinski definition) is 3. The fraction of sp³-hybridized carbons (Fsp3) is 0.400. The molecule has 0 bridgehead atoms. The number of nitrogens with one attached hydrogen (secondary N) is 1. The molecule has 3 nitrogen and oxygen atoms in total. The lowest BCUT2D eigenvalue weighted by Crippen LogP contribution is -2.34. The normalized spacial score (nSPS) is 20.7. The monoisotopic (exact) mass is 399 g/mol. The average molecular weight is 401 g/mol. The van der Waals surface area contributed by atoms with E-state index in [9.17, 15) is 8.42 Å². The van der Waals surface area contributed by atoms with Crippen LogP contribution in [-0.2, 0) is 10.0 Å². The number of rotatable bonds is 3. The molecule has 1 aromatic carbocycles. The van der Waals surface area contributed by atoms with Gasteiger partial charge in [0.15, 0.2) is 0 Å². The van der Waals surface area contributed by atoms with E-state index in [1.807, 2.05) is 0 Å². The van der Waals surface area contributed by atoms with E-state index in [1.165, 1.54) is 0 Å². The van der Waals surface area contributed by atoms with Crippen LogP contribution < -0.4 is 4.72 Å². The van der Waals surface area contributed by atoms with Crippen molar-refractivity contribution in [1.29, 1.82) is 0 Å². The molecule has 0 aromatic heterocycles. The Kier molecular flexibility index (Phi) is 4.57. The molecular weight excluding hydrogens is 390 g/mol. The molecular formula is C10H11Br2NO2S2. The molecule has 1 aliphatic rings. The third-order valence-electron chi connectivity index (χ3n) is 2.43. The van der Waals surface area contributed by atoms with Crippen LogP contribution in [0.1, 0.15) is 6.42 Å². The largest absolute Gasteiger partial charge is 0.241 e. The lowest BCUT2D eigenvalue weighted by atomic mass is 10.3. The highest BCUT2D eigenvalue weighted by atomic mass is 79.9. The zero-order valence-electron chi connectivity index (χ0n) is 8.82. The molecule has 1 N–H and O–H groups in total. The highest BCUT2D eigenvalue weighted by Gasteiger charge is 2.24. The summed E-state index contributed by atoms with van der Waals surface area (Å²) in [5.41, 5.74) is 0.